The summed E-state index contributed by atoms with van der Waals surface area (Å²) in [6.45, 7) is 4.61. The predicted molar refractivity (Wildman–Crippen MR) is 90.1 cm³/mol. The Labute approximate surface area is 143 Å². The molecule has 1 aliphatic carbocycles. The van der Waals surface area contributed by atoms with Gasteiger partial charge in [-0.25, -0.2) is 0 Å². The highest BCUT2D eigenvalue weighted by atomic mass is 16.2. The maximum Gasteiger partial charge on any atom is 0.241 e. The molecule has 2 saturated heterocycles. The van der Waals surface area contributed by atoms with Gasteiger partial charge < -0.3 is 15.1 Å². The number of hydrogen-bond donors (Lipinski definition) is 1. The molecule has 6 nitrogen and oxygen atoms in total. The van der Waals surface area contributed by atoms with Crippen LogP contribution in [0, 0.1) is 11.3 Å². The van der Waals surface area contributed by atoms with E-state index in [2.05, 4.69) is 10.2 Å². The van der Waals surface area contributed by atoms with Gasteiger partial charge in [-0.15, -0.1) is 0 Å². The lowest BCUT2D eigenvalue weighted by molar-refractivity contribution is -0.138. The van der Waals surface area contributed by atoms with Crippen LogP contribution < -0.4 is 5.32 Å². The van der Waals surface area contributed by atoms with E-state index in [9.17, 15) is 14.4 Å². The summed E-state index contributed by atoms with van der Waals surface area (Å²) >= 11 is 0. The highest BCUT2D eigenvalue weighted by Gasteiger charge is 2.47. The first-order valence-corrected chi connectivity index (χ1v) is 9.32. The van der Waals surface area contributed by atoms with Crippen LogP contribution in [-0.2, 0) is 14.4 Å². The second-order valence-electron chi connectivity index (χ2n) is 7.72. The molecule has 134 valence electrons. The highest BCUT2D eigenvalue weighted by molar-refractivity contribution is 5.86. The van der Waals surface area contributed by atoms with Crippen molar-refractivity contribution in [3.05, 3.63) is 0 Å². The van der Waals surface area contributed by atoms with Crippen molar-refractivity contribution in [2.24, 2.45) is 11.3 Å². The Balaban J connectivity index is 1.55. The third-order valence-electron chi connectivity index (χ3n) is 6.09. The van der Waals surface area contributed by atoms with E-state index >= 15 is 0 Å². The maximum atomic E-state index is 13.0. The molecular weight excluding hydrogens is 306 g/mol. The number of hydrogen-bond acceptors (Lipinski definition) is 3. The average Bonchev–Trinajstić information content (AvgIpc) is 2.70. The first-order chi connectivity index (χ1) is 11.5. The van der Waals surface area contributed by atoms with Gasteiger partial charge in [0.25, 0.3) is 0 Å². The lowest BCUT2D eigenvalue weighted by atomic mass is 9.79. The van der Waals surface area contributed by atoms with E-state index in [0.29, 0.717) is 24.9 Å². The molecule has 0 bridgehead atoms. The topological polar surface area (TPSA) is 69.7 Å². The van der Waals surface area contributed by atoms with Gasteiger partial charge >= 0.3 is 0 Å². The third-order valence-corrected chi connectivity index (χ3v) is 6.09. The van der Waals surface area contributed by atoms with E-state index in [4.69, 9.17) is 0 Å². The van der Waals surface area contributed by atoms with Gasteiger partial charge in [-0.1, -0.05) is 6.42 Å². The van der Waals surface area contributed by atoms with Gasteiger partial charge in [0.15, 0.2) is 0 Å². The first-order valence-electron chi connectivity index (χ1n) is 9.32. The summed E-state index contributed by atoms with van der Waals surface area (Å²) in [5.74, 6) is 0.808. The molecule has 1 atom stereocenters. The summed E-state index contributed by atoms with van der Waals surface area (Å²) in [6.07, 6.45) is 7.30. The van der Waals surface area contributed by atoms with Crippen molar-refractivity contribution in [2.75, 3.05) is 32.7 Å². The molecule has 3 aliphatic rings. The summed E-state index contributed by atoms with van der Waals surface area (Å²) in [5, 5.41) is 2.57. The number of carbonyl (C=O) groups excluding carboxylic acids is 3. The molecule has 0 aromatic rings. The molecule has 1 N–H and O–H groups in total. The van der Waals surface area contributed by atoms with Crippen molar-refractivity contribution >= 4 is 17.7 Å². The fourth-order valence-electron chi connectivity index (χ4n) is 4.27. The van der Waals surface area contributed by atoms with Crippen LogP contribution in [-0.4, -0.2) is 60.2 Å². The SMILES string of the molecule is CC(=O)NCC(=O)N1CCCC2(CC1)CCN(CC1CCC1)C2=O. The van der Waals surface area contributed by atoms with Crippen molar-refractivity contribution in [3.8, 4) is 0 Å². The molecule has 1 spiro atoms. The minimum Gasteiger partial charge on any atom is -0.347 e. The fourth-order valence-corrected chi connectivity index (χ4v) is 4.27. The number of rotatable bonds is 4. The van der Waals surface area contributed by atoms with Gasteiger partial charge in [-0.2, -0.15) is 0 Å². The van der Waals surface area contributed by atoms with E-state index in [1.807, 2.05) is 4.90 Å². The van der Waals surface area contributed by atoms with Crippen LogP contribution in [0.3, 0.4) is 0 Å². The van der Waals surface area contributed by atoms with Crippen molar-refractivity contribution < 1.29 is 14.4 Å². The molecule has 3 rings (SSSR count). The summed E-state index contributed by atoms with van der Waals surface area (Å²) < 4.78 is 0. The molecule has 24 heavy (non-hydrogen) atoms. The second-order valence-corrected chi connectivity index (χ2v) is 7.72. The molecule has 6 heteroatoms. The Kier molecular flexibility index (Phi) is 5.11. The smallest absolute Gasteiger partial charge is 0.241 e. The Hall–Kier alpha value is -1.59. The number of nitrogens with one attached hydrogen (secondary N) is 1. The quantitative estimate of drug-likeness (QED) is 0.838. The van der Waals surface area contributed by atoms with E-state index in [-0.39, 0.29) is 23.8 Å². The number of amides is 3. The summed E-state index contributed by atoms with van der Waals surface area (Å²) in [4.78, 5) is 40.0. The zero-order chi connectivity index (χ0) is 17.2. The highest BCUT2D eigenvalue weighted by Crippen LogP contribution is 2.42. The number of nitrogens with zero attached hydrogens (tertiary/aromatic N) is 2. The van der Waals surface area contributed by atoms with Crippen molar-refractivity contribution in [1.82, 2.24) is 15.1 Å². The standard InChI is InChI=1S/C18H29N3O3/c1-14(22)19-12-16(23)20-9-3-6-18(7-10-20)8-11-21(17(18)24)13-15-4-2-5-15/h15H,2-13H2,1H3,(H,19,22). The minimum atomic E-state index is -0.243. The van der Waals surface area contributed by atoms with Gasteiger partial charge in [-0.3, -0.25) is 14.4 Å². The molecular formula is C18H29N3O3. The van der Waals surface area contributed by atoms with Crippen LogP contribution in [0.1, 0.15) is 51.9 Å². The number of carbonyl (C=O) groups is 3. The molecule has 2 aliphatic heterocycles. The molecule has 0 radical (unpaired) electrons. The first kappa shape index (κ1) is 17.2. The monoisotopic (exact) mass is 335 g/mol. The van der Waals surface area contributed by atoms with Gasteiger partial charge in [0.2, 0.25) is 17.7 Å². The van der Waals surface area contributed by atoms with Crippen molar-refractivity contribution in [2.45, 2.75) is 51.9 Å². The largest absolute Gasteiger partial charge is 0.347 e. The van der Waals surface area contributed by atoms with Crippen molar-refractivity contribution in [1.29, 1.82) is 0 Å². The molecule has 3 amide bonds. The van der Waals surface area contributed by atoms with Crippen LogP contribution in [0.2, 0.25) is 0 Å². The normalized spacial score (nSPS) is 28.0. The van der Waals surface area contributed by atoms with Gasteiger partial charge in [-0.05, 0) is 44.4 Å². The number of likely N-dealkylation sites (tertiary alicyclic amines) is 2. The van der Waals surface area contributed by atoms with Gasteiger partial charge in [0.1, 0.15) is 0 Å². The van der Waals surface area contributed by atoms with Crippen molar-refractivity contribution in [3.63, 3.8) is 0 Å². The third kappa shape index (κ3) is 3.57. The summed E-state index contributed by atoms with van der Waals surface area (Å²) in [6, 6.07) is 0. The zero-order valence-corrected chi connectivity index (χ0v) is 14.7. The molecule has 0 aromatic heterocycles. The van der Waals surface area contributed by atoms with Crippen LogP contribution in [0.25, 0.3) is 0 Å². The molecule has 2 heterocycles. The Morgan fingerprint density at radius 1 is 1.12 bits per heavy atom. The summed E-state index contributed by atoms with van der Waals surface area (Å²) in [7, 11) is 0. The molecule has 1 unspecified atom stereocenters. The Morgan fingerprint density at radius 3 is 2.54 bits per heavy atom. The van der Waals surface area contributed by atoms with E-state index in [1.54, 1.807) is 0 Å². The lowest BCUT2D eigenvalue weighted by Gasteiger charge is -2.32. The van der Waals surface area contributed by atoms with Gasteiger partial charge in [0.05, 0.1) is 12.0 Å². The lowest BCUT2D eigenvalue weighted by Crippen LogP contribution is -2.41. The van der Waals surface area contributed by atoms with E-state index in [1.165, 1.54) is 26.2 Å². The molecule has 0 aromatic carbocycles. The minimum absolute atomic E-state index is 0.0426. The fraction of sp³-hybridized carbons (Fsp3) is 0.833. The van der Waals surface area contributed by atoms with E-state index in [0.717, 1.165) is 38.8 Å². The van der Waals surface area contributed by atoms with Gasteiger partial charge in [0, 0.05) is 33.1 Å². The molecule has 1 saturated carbocycles. The summed E-state index contributed by atoms with van der Waals surface area (Å²) in [5.41, 5.74) is -0.243. The molecule has 3 fully saturated rings. The predicted octanol–water partition coefficient (Wildman–Crippen LogP) is 1.15. The van der Waals surface area contributed by atoms with Crippen LogP contribution in [0.15, 0.2) is 0 Å². The second kappa shape index (κ2) is 7.11. The van der Waals surface area contributed by atoms with Crippen LogP contribution in [0.5, 0.6) is 0 Å². The zero-order valence-electron chi connectivity index (χ0n) is 14.7. The Bertz CT molecular complexity index is 518. The van der Waals surface area contributed by atoms with Crippen LogP contribution >= 0.6 is 0 Å². The van der Waals surface area contributed by atoms with E-state index < -0.39 is 0 Å². The van der Waals surface area contributed by atoms with Crippen LogP contribution in [0.4, 0.5) is 0 Å². The maximum absolute atomic E-state index is 13.0. The Morgan fingerprint density at radius 2 is 1.88 bits per heavy atom. The average molecular weight is 335 g/mol.